The van der Waals surface area contributed by atoms with Crippen LogP contribution in [0.1, 0.15) is 56.8 Å². The summed E-state index contributed by atoms with van der Waals surface area (Å²) in [6.07, 6.45) is 1.09. The van der Waals surface area contributed by atoms with E-state index in [1.165, 1.54) is 16.7 Å². The molecule has 17 heavy (non-hydrogen) atoms. The maximum absolute atomic E-state index is 6.34. The van der Waals surface area contributed by atoms with Crippen LogP contribution in [-0.2, 0) is 11.2 Å². The Kier molecular flexibility index (Phi) is 3.55. The van der Waals surface area contributed by atoms with Gasteiger partial charge in [0.05, 0.1) is 0 Å². The lowest BCUT2D eigenvalue weighted by atomic mass is 9.84. The molecule has 2 atom stereocenters. The highest BCUT2D eigenvalue weighted by Crippen LogP contribution is 2.35. The lowest BCUT2D eigenvalue weighted by molar-refractivity contribution is 0.584. The quantitative estimate of drug-likeness (QED) is 0.752. The Morgan fingerprint density at radius 1 is 1.29 bits per heavy atom. The average Bonchev–Trinajstić information content (AvgIpc) is 2.37. The van der Waals surface area contributed by atoms with Gasteiger partial charge in [-0.15, -0.1) is 0 Å². The van der Waals surface area contributed by atoms with E-state index in [-0.39, 0.29) is 11.5 Å². The second-order valence-electron chi connectivity index (χ2n) is 6.13. The highest BCUT2D eigenvalue weighted by Gasteiger charge is 2.22. The molecule has 2 rings (SSSR count). The van der Waals surface area contributed by atoms with E-state index in [9.17, 15) is 0 Å². The van der Waals surface area contributed by atoms with Crippen LogP contribution < -0.4 is 5.73 Å². The standard InChI is InChI=1S/C15H23NS/c1-10-7-14(16)13-8-12(15(2,3)4)6-5-11(13)9-17-10/h5-6,8,10,14H,7,9,16H2,1-4H3/t10?,14-/m0/s1. The van der Waals surface area contributed by atoms with Crippen LogP contribution in [0, 0.1) is 0 Å². The molecule has 0 saturated heterocycles. The van der Waals surface area contributed by atoms with Crippen molar-refractivity contribution in [1.82, 2.24) is 0 Å². The van der Waals surface area contributed by atoms with Gasteiger partial charge in [-0.2, -0.15) is 11.8 Å². The van der Waals surface area contributed by atoms with E-state index < -0.39 is 0 Å². The minimum atomic E-state index is 0.206. The van der Waals surface area contributed by atoms with Gasteiger partial charge in [0.25, 0.3) is 0 Å². The van der Waals surface area contributed by atoms with E-state index >= 15 is 0 Å². The van der Waals surface area contributed by atoms with Crippen molar-refractivity contribution in [3.63, 3.8) is 0 Å². The number of rotatable bonds is 0. The van der Waals surface area contributed by atoms with Crippen molar-refractivity contribution in [2.24, 2.45) is 5.73 Å². The zero-order valence-corrected chi connectivity index (χ0v) is 12.1. The Hall–Kier alpha value is -0.470. The van der Waals surface area contributed by atoms with Crippen LogP contribution >= 0.6 is 11.8 Å². The third-order valence-corrected chi connectivity index (χ3v) is 4.76. The summed E-state index contributed by atoms with van der Waals surface area (Å²) in [5.74, 6) is 1.11. The minimum Gasteiger partial charge on any atom is -0.324 e. The summed E-state index contributed by atoms with van der Waals surface area (Å²) in [4.78, 5) is 0. The molecule has 0 bridgehead atoms. The van der Waals surface area contributed by atoms with Crippen LogP contribution in [0.3, 0.4) is 0 Å². The molecular formula is C15H23NS. The third kappa shape index (κ3) is 2.86. The highest BCUT2D eigenvalue weighted by atomic mass is 32.2. The van der Waals surface area contributed by atoms with Gasteiger partial charge >= 0.3 is 0 Å². The van der Waals surface area contributed by atoms with Gasteiger partial charge in [-0.05, 0) is 28.5 Å². The molecule has 1 aliphatic heterocycles. The van der Waals surface area contributed by atoms with Crippen molar-refractivity contribution in [2.75, 3.05) is 0 Å². The molecule has 94 valence electrons. The van der Waals surface area contributed by atoms with E-state index in [1.807, 2.05) is 11.8 Å². The van der Waals surface area contributed by atoms with Gasteiger partial charge in [0.2, 0.25) is 0 Å². The van der Waals surface area contributed by atoms with E-state index in [4.69, 9.17) is 5.73 Å². The molecule has 0 saturated carbocycles. The largest absolute Gasteiger partial charge is 0.324 e. The van der Waals surface area contributed by atoms with Crippen LogP contribution in [0.25, 0.3) is 0 Å². The zero-order valence-electron chi connectivity index (χ0n) is 11.3. The summed E-state index contributed by atoms with van der Waals surface area (Å²) in [5.41, 5.74) is 10.7. The Labute approximate surface area is 109 Å². The third-order valence-electron chi connectivity index (χ3n) is 3.52. The summed E-state index contributed by atoms with van der Waals surface area (Å²) in [6.45, 7) is 9.05. The van der Waals surface area contributed by atoms with Gasteiger partial charge in [0.15, 0.2) is 0 Å². The summed E-state index contributed by atoms with van der Waals surface area (Å²) in [7, 11) is 0. The lowest BCUT2D eigenvalue weighted by Crippen LogP contribution is -2.17. The molecular weight excluding hydrogens is 226 g/mol. The molecule has 0 aromatic heterocycles. The van der Waals surface area contributed by atoms with Crippen molar-refractivity contribution < 1.29 is 0 Å². The van der Waals surface area contributed by atoms with Gasteiger partial charge in [-0.3, -0.25) is 0 Å². The normalized spacial score (nSPS) is 25.2. The predicted molar refractivity (Wildman–Crippen MR) is 77.4 cm³/mol. The molecule has 1 aromatic rings. The minimum absolute atomic E-state index is 0.206. The topological polar surface area (TPSA) is 26.0 Å². The van der Waals surface area contributed by atoms with Crippen molar-refractivity contribution in [3.8, 4) is 0 Å². The van der Waals surface area contributed by atoms with E-state index in [1.54, 1.807) is 0 Å². The monoisotopic (exact) mass is 249 g/mol. The average molecular weight is 249 g/mol. The SMILES string of the molecule is CC1C[C@H](N)c2cc(C(C)(C)C)ccc2CS1. The molecule has 1 unspecified atom stereocenters. The first-order valence-corrected chi connectivity index (χ1v) is 7.43. The van der Waals surface area contributed by atoms with Crippen molar-refractivity contribution in [1.29, 1.82) is 0 Å². The Morgan fingerprint density at radius 3 is 2.65 bits per heavy atom. The molecule has 1 heterocycles. The second kappa shape index (κ2) is 4.66. The van der Waals surface area contributed by atoms with Crippen LogP contribution in [0.4, 0.5) is 0 Å². The Balaban J connectivity index is 2.41. The van der Waals surface area contributed by atoms with Crippen molar-refractivity contribution in [3.05, 3.63) is 34.9 Å². The molecule has 1 aromatic carbocycles. The van der Waals surface area contributed by atoms with Crippen LogP contribution in [0.2, 0.25) is 0 Å². The van der Waals surface area contributed by atoms with Gasteiger partial charge in [0, 0.05) is 17.0 Å². The highest BCUT2D eigenvalue weighted by molar-refractivity contribution is 7.99. The first-order chi connectivity index (χ1) is 7.88. The first-order valence-electron chi connectivity index (χ1n) is 6.38. The molecule has 0 fully saturated rings. The van der Waals surface area contributed by atoms with Crippen LogP contribution in [0.15, 0.2) is 18.2 Å². The van der Waals surface area contributed by atoms with E-state index in [0.717, 1.165) is 12.2 Å². The molecule has 2 N–H and O–H groups in total. The molecule has 2 heteroatoms. The second-order valence-corrected chi connectivity index (χ2v) is 7.55. The van der Waals surface area contributed by atoms with Gasteiger partial charge in [-0.1, -0.05) is 45.9 Å². The number of thioether (sulfide) groups is 1. The number of benzene rings is 1. The van der Waals surface area contributed by atoms with Gasteiger partial charge in [-0.25, -0.2) is 0 Å². The molecule has 0 amide bonds. The fraction of sp³-hybridized carbons (Fsp3) is 0.600. The van der Waals surface area contributed by atoms with Crippen molar-refractivity contribution >= 4 is 11.8 Å². The first kappa shape index (κ1) is 13.0. The van der Waals surface area contributed by atoms with E-state index in [2.05, 4.69) is 45.9 Å². The lowest BCUT2D eigenvalue weighted by Gasteiger charge is -2.22. The Morgan fingerprint density at radius 2 is 2.00 bits per heavy atom. The Bertz CT molecular complexity index is 406. The maximum Gasteiger partial charge on any atom is 0.0308 e. The smallest absolute Gasteiger partial charge is 0.0308 e. The fourth-order valence-corrected chi connectivity index (χ4v) is 3.39. The number of fused-ring (bicyclic) bond motifs is 1. The zero-order chi connectivity index (χ0) is 12.6. The molecule has 0 aliphatic carbocycles. The summed E-state index contributed by atoms with van der Waals surface area (Å²) in [5, 5.41) is 0.662. The number of hydrogen-bond donors (Lipinski definition) is 1. The number of hydrogen-bond acceptors (Lipinski definition) is 2. The van der Waals surface area contributed by atoms with Gasteiger partial charge < -0.3 is 5.73 Å². The van der Waals surface area contributed by atoms with E-state index in [0.29, 0.717) is 5.25 Å². The molecule has 1 aliphatic rings. The molecule has 0 radical (unpaired) electrons. The van der Waals surface area contributed by atoms with Crippen molar-refractivity contribution in [2.45, 2.75) is 56.6 Å². The molecule has 0 spiro atoms. The van der Waals surface area contributed by atoms with Crippen LogP contribution in [-0.4, -0.2) is 5.25 Å². The predicted octanol–water partition coefficient (Wildman–Crippen LogP) is 4.01. The summed E-state index contributed by atoms with van der Waals surface area (Å²) >= 11 is 2.02. The molecule has 1 nitrogen and oxygen atoms in total. The van der Waals surface area contributed by atoms with Crippen LogP contribution in [0.5, 0.6) is 0 Å². The summed E-state index contributed by atoms with van der Waals surface area (Å²) in [6, 6.07) is 7.08. The number of nitrogens with two attached hydrogens (primary N) is 1. The van der Waals surface area contributed by atoms with Gasteiger partial charge in [0.1, 0.15) is 0 Å². The summed E-state index contributed by atoms with van der Waals surface area (Å²) < 4.78 is 0. The maximum atomic E-state index is 6.34. The fourth-order valence-electron chi connectivity index (χ4n) is 2.32.